The molecular weight excluding hydrogens is 318 g/mol. The second kappa shape index (κ2) is 6.74. The number of pyridine rings is 1. The predicted octanol–water partition coefficient (Wildman–Crippen LogP) is 2.74. The van der Waals surface area contributed by atoms with Crippen LogP contribution in [0.1, 0.15) is 36.8 Å². The van der Waals surface area contributed by atoms with Crippen LogP contribution in [0, 0.1) is 6.92 Å². The first-order chi connectivity index (χ1) is 10.7. The van der Waals surface area contributed by atoms with Crippen LogP contribution in [0.2, 0.25) is 5.02 Å². The smallest absolute Gasteiger partial charge is 0.410 e. The Hall–Kier alpha value is -1.82. The van der Waals surface area contributed by atoms with Gasteiger partial charge in [-0.05, 0) is 33.8 Å². The lowest BCUT2D eigenvalue weighted by atomic mass is 10.2. The largest absolute Gasteiger partial charge is 0.444 e. The van der Waals surface area contributed by atoms with E-state index in [1.54, 1.807) is 15.9 Å². The summed E-state index contributed by atoms with van der Waals surface area (Å²) >= 11 is 6.12. The van der Waals surface area contributed by atoms with Crippen molar-refractivity contribution in [3.63, 3.8) is 0 Å². The van der Waals surface area contributed by atoms with E-state index in [1.165, 1.54) is 6.20 Å². The lowest BCUT2D eigenvalue weighted by Gasteiger charge is -2.35. The molecule has 23 heavy (non-hydrogen) atoms. The van der Waals surface area contributed by atoms with Gasteiger partial charge in [-0.2, -0.15) is 0 Å². The lowest BCUT2D eigenvalue weighted by molar-refractivity contribution is 0.0141. The number of ether oxygens (including phenoxy) is 1. The Morgan fingerprint density at radius 3 is 2.26 bits per heavy atom. The SMILES string of the molecule is Cc1cc(Cl)c(C(=O)N2CCN(C(=O)OC(C)(C)C)CC2)cn1. The number of hydrogen-bond acceptors (Lipinski definition) is 4. The summed E-state index contributed by atoms with van der Waals surface area (Å²) in [4.78, 5) is 31.9. The van der Waals surface area contributed by atoms with E-state index in [0.29, 0.717) is 36.8 Å². The molecule has 1 aliphatic rings. The Morgan fingerprint density at radius 1 is 1.17 bits per heavy atom. The molecule has 6 nitrogen and oxygen atoms in total. The van der Waals surface area contributed by atoms with Gasteiger partial charge in [-0.3, -0.25) is 9.78 Å². The number of nitrogens with zero attached hydrogens (tertiary/aromatic N) is 3. The molecule has 0 spiro atoms. The van der Waals surface area contributed by atoms with E-state index in [0.717, 1.165) is 5.69 Å². The van der Waals surface area contributed by atoms with Crippen LogP contribution < -0.4 is 0 Å². The maximum Gasteiger partial charge on any atom is 0.410 e. The first-order valence-electron chi connectivity index (χ1n) is 7.57. The van der Waals surface area contributed by atoms with Crippen LogP contribution in [-0.2, 0) is 4.74 Å². The lowest BCUT2D eigenvalue weighted by Crippen LogP contribution is -2.51. The van der Waals surface area contributed by atoms with Crippen molar-refractivity contribution in [3.05, 3.63) is 28.5 Å². The van der Waals surface area contributed by atoms with E-state index in [-0.39, 0.29) is 12.0 Å². The standard InChI is InChI=1S/C16H22ClN3O3/c1-11-9-13(17)12(10-18-11)14(21)19-5-7-20(8-6-19)15(22)23-16(2,3)4/h9-10H,5-8H2,1-4H3. The van der Waals surface area contributed by atoms with Crippen molar-refractivity contribution in [1.29, 1.82) is 0 Å². The van der Waals surface area contributed by atoms with E-state index in [4.69, 9.17) is 16.3 Å². The van der Waals surface area contributed by atoms with Crippen molar-refractivity contribution in [1.82, 2.24) is 14.8 Å². The van der Waals surface area contributed by atoms with Crippen molar-refractivity contribution < 1.29 is 14.3 Å². The Bertz CT molecular complexity index is 605. The summed E-state index contributed by atoms with van der Waals surface area (Å²) in [6.45, 7) is 9.09. The number of carbonyl (C=O) groups is 2. The number of amides is 2. The van der Waals surface area contributed by atoms with E-state index in [9.17, 15) is 9.59 Å². The van der Waals surface area contributed by atoms with Crippen LogP contribution in [0.15, 0.2) is 12.3 Å². The van der Waals surface area contributed by atoms with Crippen LogP contribution in [0.25, 0.3) is 0 Å². The third-order valence-electron chi connectivity index (χ3n) is 3.44. The van der Waals surface area contributed by atoms with Crippen molar-refractivity contribution in [2.45, 2.75) is 33.3 Å². The van der Waals surface area contributed by atoms with Crippen LogP contribution in [0.3, 0.4) is 0 Å². The second-order valence-corrected chi connectivity index (χ2v) is 6.97. The number of halogens is 1. The zero-order chi connectivity index (χ0) is 17.2. The highest BCUT2D eigenvalue weighted by Gasteiger charge is 2.28. The van der Waals surface area contributed by atoms with E-state index in [1.807, 2.05) is 27.7 Å². The van der Waals surface area contributed by atoms with E-state index in [2.05, 4.69) is 4.98 Å². The van der Waals surface area contributed by atoms with Crippen LogP contribution in [-0.4, -0.2) is 58.6 Å². The summed E-state index contributed by atoms with van der Waals surface area (Å²) in [6.07, 6.45) is 1.15. The third kappa shape index (κ3) is 4.58. The van der Waals surface area contributed by atoms with Gasteiger partial charge in [-0.1, -0.05) is 11.6 Å². The molecule has 2 heterocycles. The van der Waals surface area contributed by atoms with Crippen molar-refractivity contribution in [2.75, 3.05) is 26.2 Å². The first-order valence-corrected chi connectivity index (χ1v) is 7.94. The number of rotatable bonds is 1. The molecule has 1 aromatic rings. The Balaban J connectivity index is 1.96. The number of piperazine rings is 1. The summed E-state index contributed by atoms with van der Waals surface area (Å²) in [5.41, 5.74) is 0.634. The van der Waals surface area contributed by atoms with Crippen molar-refractivity contribution in [2.24, 2.45) is 0 Å². The number of aromatic nitrogens is 1. The number of hydrogen-bond donors (Lipinski definition) is 0. The van der Waals surface area contributed by atoms with Crippen LogP contribution in [0.4, 0.5) is 4.79 Å². The molecule has 0 atom stereocenters. The molecule has 0 aliphatic carbocycles. The average Bonchev–Trinajstić information content (AvgIpc) is 2.45. The van der Waals surface area contributed by atoms with Gasteiger partial charge in [-0.15, -0.1) is 0 Å². The fourth-order valence-electron chi connectivity index (χ4n) is 2.27. The first kappa shape index (κ1) is 17.5. The molecule has 126 valence electrons. The Kier molecular flexibility index (Phi) is 5.14. The summed E-state index contributed by atoms with van der Waals surface area (Å²) in [6, 6.07) is 1.67. The molecule has 1 fully saturated rings. The summed E-state index contributed by atoms with van der Waals surface area (Å²) in [5, 5.41) is 0.400. The summed E-state index contributed by atoms with van der Waals surface area (Å²) < 4.78 is 5.34. The summed E-state index contributed by atoms with van der Waals surface area (Å²) in [7, 11) is 0. The van der Waals surface area contributed by atoms with Gasteiger partial charge in [0.1, 0.15) is 5.60 Å². The predicted molar refractivity (Wildman–Crippen MR) is 87.7 cm³/mol. The van der Waals surface area contributed by atoms with Gasteiger partial charge in [0.25, 0.3) is 5.91 Å². The van der Waals surface area contributed by atoms with E-state index < -0.39 is 5.60 Å². The molecule has 1 aromatic heterocycles. The van der Waals surface area contributed by atoms with Gasteiger partial charge in [0.05, 0.1) is 10.6 Å². The second-order valence-electron chi connectivity index (χ2n) is 6.57. The minimum Gasteiger partial charge on any atom is -0.444 e. The fraction of sp³-hybridized carbons (Fsp3) is 0.562. The molecule has 0 aromatic carbocycles. The molecule has 1 aliphatic heterocycles. The molecule has 0 bridgehead atoms. The highest BCUT2D eigenvalue weighted by atomic mass is 35.5. The molecule has 1 saturated heterocycles. The van der Waals surface area contributed by atoms with Crippen LogP contribution >= 0.6 is 11.6 Å². The molecule has 0 unspecified atom stereocenters. The van der Waals surface area contributed by atoms with Gasteiger partial charge in [-0.25, -0.2) is 4.79 Å². The molecule has 7 heteroatoms. The highest BCUT2D eigenvalue weighted by Crippen LogP contribution is 2.19. The third-order valence-corrected chi connectivity index (χ3v) is 3.75. The zero-order valence-corrected chi connectivity index (χ0v) is 14.7. The minimum absolute atomic E-state index is 0.161. The van der Waals surface area contributed by atoms with Crippen molar-refractivity contribution in [3.8, 4) is 0 Å². The Morgan fingerprint density at radius 2 is 1.74 bits per heavy atom. The Labute approximate surface area is 141 Å². The maximum atomic E-state index is 12.5. The molecule has 2 amide bonds. The fourth-order valence-corrected chi connectivity index (χ4v) is 2.56. The van der Waals surface area contributed by atoms with Gasteiger partial charge < -0.3 is 14.5 Å². The molecule has 0 saturated carbocycles. The monoisotopic (exact) mass is 339 g/mol. The molecular formula is C16H22ClN3O3. The highest BCUT2D eigenvalue weighted by molar-refractivity contribution is 6.33. The van der Waals surface area contributed by atoms with Gasteiger partial charge in [0, 0.05) is 38.1 Å². The van der Waals surface area contributed by atoms with Crippen molar-refractivity contribution >= 4 is 23.6 Å². The topological polar surface area (TPSA) is 62.7 Å². The van der Waals surface area contributed by atoms with E-state index >= 15 is 0 Å². The van der Waals surface area contributed by atoms with Gasteiger partial charge >= 0.3 is 6.09 Å². The average molecular weight is 340 g/mol. The molecule has 2 rings (SSSR count). The zero-order valence-electron chi connectivity index (χ0n) is 13.9. The van der Waals surface area contributed by atoms with Gasteiger partial charge in [0.2, 0.25) is 0 Å². The minimum atomic E-state index is -0.523. The molecule has 0 N–H and O–H groups in total. The summed E-state index contributed by atoms with van der Waals surface area (Å²) in [5.74, 6) is -0.161. The molecule has 0 radical (unpaired) electrons. The quantitative estimate of drug-likeness (QED) is 0.789. The van der Waals surface area contributed by atoms with Crippen LogP contribution in [0.5, 0.6) is 0 Å². The number of aryl methyl sites for hydroxylation is 1. The maximum absolute atomic E-state index is 12.5. The normalized spacial score (nSPS) is 15.5. The number of carbonyl (C=O) groups excluding carboxylic acids is 2. The van der Waals surface area contributed by atoms with Gasteiger partial charge in [0.15, 0.2) is 0 Å².